The van der Waals surface area contributed by atoms with E-state index in [1.54, 1.807) is 6.92 Å². The van der Waals surface area contributed by atoms with Gasteiger partial charge in [0.15, 0.2) is 0 Å². The van der Waals surface area contributed by atoms with Gasteiger partial charge in [0, 0.05) is 0 Å². The standard InChI is InChI=1S/C11H14O3Se/c1-3-14-10(12)11(13-2)15-9-7-5-4-6-8-9/h4-8,11H,3H2,1-2H3. The van der Waals surface area contributed by atoms with E-state index < -0.39 is 5.00 Å². The summed E-state index contributed by atoms with van der Waals surface area (Å²) in [4.78, 5) is 11.4. The van der Waals surface area contributed by atoms with Crippen molar-refractivity contribution in [3.05, 3.63) is 30.3 Å². The Labute approximate surface area is 95.9 Å². The van der Waals surface area contributed by atoms with Crippen LogP contribution in [0.2, 0.25) is 0 Å². The zero-order valence-corrected chi connectivity index (χ0v) is 10.5. The van der Waals surface area contributed by atoms with Crippen LogP contribution in [0.3, 0.4) is 0 Å². The Morgan fingerprint density at radius 3 is 2.60 bits per heavy atom. The van der Waals surface area contributed by atoms with Gasteiger partial charge >= 0.3 is 95.6 Å². The fraction of sp³-hybridized carbons (Fsp3) is 0.364. The van der Waals surface area contributed by atoms with Crippen molar-refractivity contribution in [3.8, 4) is 0 Å². The number of ether oxygens (including phenoxy) is 2. The summed E-state index contributed by atoms with van der Waals surface area (Å²) >= 11 is -0.0394. The maximum atomic E-state index is 11.4. The van der Waals surface area contributed by atoms with Crippen LogP contribution >= 0.6 is 0 Å². The fourth-order valence-corrected chi connectivity index (χ4v) is 2.75. The summed E-state index contributed by atoms with van der Waals surface area (Å²) in [5.74, 6) is -0.274. The third-order valence-electron chi connectivity index (χ3n) is 1.68. The zero-order valence-electron chi connectivity index (χ0n) is 8.80. The third kappa shape index (κ3) is 4.04. The van der Waals surface area contributed by atoms with E-state index in [2.05, 4.69) is 0 Å². The molecule has 1 atom stereocenters. The van der Waals surface area contributed by atoms with Crippen molar-refractivity contribution in [1.29, 1.82) is 0 Å². The summed E-state index contributed by atoms with van der Waals surface area (Å²) in [5, 5.41) is -0.445. The molecule has 82 valence electrons. The fourth-order valence-electron chi connectivity index (χ4n) is 1.03. The van der Waals surface area contributed by atoms with Crippen LogP contribution in [-0.2, 0) is 14.3 Å². The van der Waals surface area contributed by atoms with Crippen molar-refractivity contribution in [2.45, 2.75) is 11.9 Å². The SMILES string of the molecule is CCOC(=O)C(OC)[Se]c1ccccc1. The van der Waals surface area contributed by atoms with Crippen molar-refractivity contribution in [2.24, 2.45) is 0 Å². The predicted molar refractivity (Wildman–Crippen MR) is 59.3 cm³/mol. The summed E-state index contributed by atoms with van der Waals surface area (Å²) in [6, 6.07) is 9.84. The van der Waals surface area contributed by atoms with Crippen LogP contribution in [0.1, 0.15) is 6.92 Å². The third-order valence-corrected chi connectivity index (χ3v) is 4.08. The molecule has 0 N–H and O–H groups in total. The first-order valence-electron chi connectivity index (χ1n) is 4.69. The molecule has 4 heteroatoms. The summed E-state index contributed by atoms with van der Waals surface area (Å²) in [6.07, 6.45) is 0. The molecule has 0 aliphatic heterocycles. The molecule has 0 bridgehead atoms. The van der Waals surface area contributed by atoms with Gasteiger partial charge < -0.3 is 0 Å². The van der Waals surface area contributed by atoms with Crippen LogP contribution in [0.4, 0.5) is 0 Å². The van der Waals surface area contributed by atoms with Gasteiger partial charge in [0.1, 0.15) is 0 Å². The van der Waals surface area contributed by atoms with Gasteiger partial charge in [-0.25, -0.2) is 0 Å². The second-order valence-electron chi connectivity index (χ2n) is 2.75. The average Bonchev–Trinajstić information content (AvgIpc) is 2.27. The van der Waals surface area contributed by atoms with E-state index in [9.17, 15) is 4.79 Å². The van der Waals surface area contributed by atoms with Crippen molar-refractivity contribution >= 4 is 25.4 Å². The number of methoxy groups -OCH3 is 1. The molecule has 0 saturated carbocycles. The Bertz CT molecular complexity index is 300. The van der Waals surface area contributed by atoms with Crippen molar-refractivity contribution < 1.29 is 14.3 Å². The molecule has 0 heterocycles. The monoisotopic (exact) mass is 274 g/mol. The molecule has 0 radical (unpaired) electrons. The molecule has 0 amide bonds. The predicted octanol–water partition coefficient (Wildman–Crippen LogP) is 0.552. The van der Waals surface area contributed by atoms with Crippen LogP contribution in [0.15, 0.2) is 30.3 Å². The molecule has 1 rings (SSSR count). The minimum atomic E-state index is -0.445. The van der Waals surface area contributed by atoms with Crippen LogP contribution in [0.25, 0.3) is 0 Å². The van der Waals surface area contributed by atoms with Crippen LogP contribution in [0, 0.1) is 0 Å². The Hall–Kier alpha value is -0.831. The molecule has 0 saturated heterocycles. The Morgan fingerprint density at radius 2 is 2.07 bits per heavy atom. The number of hydrogen-bond acceptors (Lipinski definition) is 3. The van der Waals surface area contributed by atoms with Gasteiger partial charge in [-0.15, -0.1) is 0 Å². The number of rotatable bonds is 5. The number of esters is 1. The molecule has 0 aliphatic rings. The Kier molecular flexibility index (Phi) is 5.40. The maximum absolute atomic E-state index is 11.4. The number of hydrogen-bond donors (Lipinski definition) is 0. The first kappa shape index (κ1) is 12.2. The van der Waals surface area contributed by atoms with E-state index in [0.717, 1.165) is 4.46 Å². The van der Waals surface area contributed by atoms with E-state index in [4.69, 9.17) is 9.47 Å². The van der Waals surface area contributed by atoms with E-state index in [-0.39, 0.29) is 20.9 Å². The average molecular weight is 273 g/mol. The van der Waals surface area contributed by atoms with Crippen LogP contribution in [0.5, 0.6) is 0 Å². The van der Waals surface area contributed by atoms with E-state index in [0.29, 0.717) is 6.61 Å². The first-order chi connectivity index (χ1) is 7.27. The summed E-state index contributed by atoms with van der Waals surface area (Å²) in [6.45, 7) is 2.18. The molecule has 0 aliphatic carbocycles. The van der Waals surface area contributed by atoms with E-state index >= 15 is 0 Å². The van der Waals surface area contributed by atoms with Crippen LogP contribution < -0.4 is 4.46 Å². The van der Waals surface area contributed by atoms with Gasteiger partial charge in [-0.05, 0) is 0 Å². The van der Waals surface area contributed by atoms with Crippen LogP contribution in [-0.4, -0.2) is 39.6 Å². The van der Waals surface area contributed by atoms with Crippen molar-refractivity contribution in [2.75, 3.05) is 13.7 Å². The molecular weight excluding hydrogens is 259 g/mol. The minimum absolute atomic E-state index is 0.0394. The molecule has 0 spiro atoms. The topological polar surface area (TPSA) is 35.5 Å². The Morgan fingerprint density at radius 1 is 1.40 bits per heavy atom. The van der Waals surface area contributed by atoms with Gasteiger partial charge in [-0.2, -0.15) is 0 Å². The number of carbonyl (C=O) groups is 1. The van der Waals surface area contributed by atoms with Gasteiger partial charge in [-0.1, -0.05) is 0 Å². The molecule has 1 aromatic carbocycles. The van der Waals surface area contributed by atoms with Gasteiger partial charge in [0.05, 0.1) is 0 Å². The van der Waals surface area contributed by atoms with Gasteiger partial charge in [-0.3, -0.25) is 0 Å². The number of benzene rings is 1. The summed E-state index contributed by atoms with van der Waals surface area (Å²) in [5.41, 5.74) is 0. The second kappa shape index (κ2) is 6.62. The van der Waals surface area contributed by atoms with Crippen molar-refractivity contribution in [1.82, 2.24) is 0 Å². The summed E-state index contributed by atoms with van der Waals surface area (Å²) < 4.78 is 11.2. The molecule has 1 unspecified atom stereocenters. The molecule has 0 aromatic heterocycles. The molecule has 15 heavy (non-hydrogen) atoms. The van der Waals surface area contributed by atoms with Gasteiger partial charge in [0.2, 0.25) is 0 Å². The van der Waals surface area contributed by atoms with E-state index in [1.807, 2.05) is 30.3 Å². The Balaban J connectivity index is 2.58. The molecular formula is C11H14O3Se. The normalized spacial score (nSPS) is 12.1. The van der Waals surface area contributed by atoms with E-state index in [1.165, 1.54) is 7.11 Å². The van der Waals surface area contributed by atoms with Crippen molar-refractivity contribution in [3.63, 3.8) is 0 Å². The summed E-state index contributed by atoms with van der Waals surface area (Å²) in [7, 11) is 1.53. The second-order valence-corrected chi connectivity index (χ2v) is 5.13. The number of carbonyl (C=O) groups excluding carboxylic acids is 1. The molecule has 1 aromatic rings. The quantitative estimate of drug-likeness (QED) is 0.580. The molecule has 3 nitrogen and oxygen atoms in total. The molecule has 0 fully saturated rings. The van der Waals surface area contributed by atoms with Gasteiger partial charge in [0.25, 0.3) is 0 Å². The zero-order chi connectivity index (χ0) is 11.1. The first-order valence-corrected chi connectivity index (χ1v) is 6.53.